The van der Waals surface area contributed by atoms with E-state index >= 15 is 0 Å². The molecular formula is C27H27N3OS. The minimum atomic E-state index is 0.870. The molecule has 0 N–H and O–H groups in total. The van der Waals surface area contributed by atoms with E-state index in [1.165, 1.54) is 11.3 Å². The summed E-state index contributed by atoms with van der Waals surface area (Å²) in [7, 11) is 0. The van der Waals surface area contributed by atoms with Crippen molar-refractivity contribution in [2.75, 3.05) is 31.1 Å². The van der Waals surface area contributed by atoms with Gasteiger partial charge in [-0.1, -0.05) is 60.7 Å². The van der Waals surface area contributed by atoms with Gasteiger partial charge in [-0.15, -0.1) is 11.3 Å². The monoisotopic (exact) mass is 441 g/mol. The molecular weight excluding hydrogens is 414 g/mol. The molecule has 0 aliphatic carbocycles. The van der Waals surface area contributed by atoms with Crippen LogP contribution in [0.3, 0.4) is 0 Å². The number of benzene rings is 3. The number of aromatic nitrogens is 1. The number of hydrogen-bond donors (Lipinski definition) is 0. The van der Waals surface area contributed by atoms with Gasteiger partial charge >= 0.3 is 0 Å². The first kappa shape index (κ1) is 20.7. The highest BCUT2D eigenvalue weighted by Gasteiger charge is 2.19. The summed E-state index contributed by atoms with van der Waals surface area (Å²) >= 11 is 1.73. The second-order valence-electron chi connectivity index (χ2n) is 8.01. The predicted octanol–water partition coefficient (Wildman–Crippen LogP) is 6.31. The number of rotatable bonds is 6. The van der Waals surface area contributed by atoms with Crippen LogP contribution in [0.4, 0.5) is 5.69 Å². The Kier molecular flexibility index (Phi) is 6.47. The Morgan fingerprint density at radius 3 is 2.38 bits per heavy atom. The van der Waals surface area contributed by atoms with Gasteiger partial charge in [0.15, 0.2) is 5.75 Å². The van der Waals surface area contributed by atoms with E-state index in [2.05, 4.69) is 57.6 Å². The quantitative estimate of drug-likeness (QED) is 0.350. The number of ether oxygens (including phenoxy) is 1. The maximum Gasteiger partial charge on any atom is 0.150 e. The lowest BCUT2D eigenvalue weighted by Gasteiger charge is -2.25. The van der Waals surface area contributed by atoms with Gasteiger partial charge in [0.1, 0.15) is 10.8 Å². The van der Waals surface area contributed by atoms with Gasteiger partial charge in [-0.2, -0.15) is 0 Å². The average Bonchev–Trinajstić information content (AvgIpc) is 3.19. The van der Waals surface area contributed by atoms with E-state index in [1.807, 2.05) is 42.5 Å². The van der Waals surface area contributed by atoms with Gasteiger partial charge < -0.3 is 9.64 Å². The van der Waals surface area contributed by atoms with Crippen molar-refractivity contribution < 1.29 is 4.74 Å². The summed E-state index contributed by atoms with van der Waals surface area (Å²) in [5.74, 6) is 1.79. The van der Waals surface area contributed by atoms with Gasteiger partial charge in [-0.3, -0.25) is 4.90 Å². The third-order valence-corrected chi connectivity index (χ3v) is 6.66. The van der Waals surface area contributed by atoms with Crippen LogP contribution in [0, 0.1) is 0 Å². The molecule has 0 bridgehead atoms. The van der Waals surface area contributed by atoms with Crippen LogP contribution in [0.2, 0.25) is 0 Å². The zero-order valence-electron chi connectivity index (χ0n) is 18.1. The summed E-state index contributed by atoms with van der Waals surface area (Å²) in [5.41, 5.74) is 3.52. The van der Waals surface area contributed by atoms with E-state index in [9.17, 15) is 0 Å². The molecule has 2 heterocycles. The summed E-state index contributed by atoms with van der Waals surface area (Å²) in [5, 5.41) is 3.30. The summed E-state index contributed by atoms with van der Waals surface area (Å²) in [6, 6.07) is 28.8. The highest BCUT2D eigenvalue weighted by molar-refractivity contribution is 7.13. The average molecular weight is 442 g/mol. The Balaban J connectivity index is 1.24. The number of para-hydroxylation sites is 3. The summed E-state index contributed by atoms with van der Waals surface area (Å²) in [6.07, 6.45) is 1.12. The van der Waals surface area contributed by atoms with Gasteiger partial charge in [0.05, 0.1) is 11.4 Å². The zero-order valence-corrected chi connectivity index (χ0v) is 18.9. The SMILES string of the molecule is c1ccc(Oc2ccccc2N2CCCN(Cc3csc(-c4ccccc4)n3)CC2)cc1. The maximum absolute atomic E-state index is 6.21. The second-order valence-corrected chi connectivity index (χ2v) is 8.87. The molecule has 5 heteroatoms. The molecule has 4 nitrogen and oxygen atoms in total. The van der Waals surface area contributed by atoms with Crippen LogP contribution in [0.1, 0.15) is 12.1 Å². The van der Waals surface area contributed by atoms with Crippen LogP contribution in [0.5, 0.6) is 11.5 Å². The molecule has 162 valence electrons. The summed E-state index contributed by atoms with van der Waals surface area (Å²) in [6.45, 7) is 5.00. The van der Waals surface area contributed by atoms with Gasteiger partial charge in [-0.05, 0) is 30.7 Å². The number of hydrogen-bond acceptors (Lipinski definition) is 5. The van der Waals surface area contributed by atoms with E-state index in [4.69, 9.17) is 9.72 Å². The first-order valence-electron chi connectivity index (χ1n) is 11.1. The topological polar surface area (TPSA) is 28.6 Å². The van der Waals surface area contributed by atoms with Crippen LogP contribution in [0.25, 0.3) is 10.6 Å². The lowest BCUT2D eigenvalue weighted by Crippen LogP contribution is -2.30. The third kappa shape index (κ3) is 5.01. The van der Waals surface area contributed by atoms with E-state index < -0.39 is 0 Å². The molecule has 0 unspecified atom stereocenters. The highest BCUT2D eigenvalue weighted by Crippen LogP contribution is 2.33. The van der Waals surface area contributed by atoms with E-state index in [0.717, 1.165) is 61.3 Å². The molecule has 0 atom stereocenters. The van der Waals surface area contributed by atoms with Crippen LogP contribution in [-0.4, -0.2) is 36.1 Å². The molecule has 1 aliphatic rings. The fourth-order valence-corrected chi connectivity index (χ4v) is 4.93. The van der Waals surface area contributed by atoms with E-state index in [-0.39, 0.29) is 0 Å². The van der Waals surface area contributed by atoms with Gasteiger partial charge in [0.25, 0.3) is 0 Å². The third-order valence-electron chi connectivity index (χ3n) is 5.72. The van der Waals surface area contributed by atoms with Crippen molar-refractivity contribution >= 4 is 17.0 Å². The molecule has 4 aromatic rings. The maximum atomic E-state index is 6.21. The molecule has 1 aliphatic heterocycles. The molecule has 1 fully saturated rings. The van der Waals surface area contributed by atoms with Crippen LogP contribution in [0.15, 0.2) is 90.3 Å². The molecule has 1 saturated heterocycles. The zero-order chi connectivity index (χ0) is 21.6. The Morgan fingerprint density at radius 2 is 1.53 bits per heavy atom. The first-order chi connectivity index (χ1) is 15.8. The number of thiazole rings is 1. The Labute approximate surface area is 193 Å². The lowest BCUT2D eigenvalue weighted by atomic mass is 10.2. The molecule has 0 spiro atoms. The van der Waals surface area contributed by atoms with Crippen molar-refractivity contribution in [1.82, 2.24) is 9.88 Å². The van der Waals surface area contributed by atoms with Crippen molar-refractivity contribution in [3.8, 4) is 22.1 Å². The smallest absolute Gasteiger partial charge is 0.150 e. The van der Waals surface area contributed by atoms with Gasteiger partial charge in [0.2, 0.25) is 0 Å². The van der Waals surface area contributed by atoms with Crippen molar-refractivity contribution in [2.45, 2.75) is 13.0 Å². The van der Waals surface area contributed by atoms with Crippen molar-refractivity contribution in [2.24, 2.45) is 0 Å². The number of anilines is 1. The predicted molar refractivity (Wildman–Crippen MR) is 133 cm³/mol. The molecule has 0 saturated carbocycles. The Morgan fingerprint density at radius 1 is 0.781 bits per heavy atom. The minimum absolute atomic E-state index is 0.870. The molecule has 5 rings (SSSR count). The molecule has 3 aromatic carbocycles. The number of nitrogens with zero attached hydrogens (tertiary/aromatic N) is 3. The van der Waals surface area contributed by atoms with Gasteiger partial charge in [-0.25, -0.2) is 4.98 Å². The lowest BCUT2D eigenvalue weighted by molar-refractivity contribution is 0.282. The highest BCUT2D eigenvalue weighted by atomic mass is 32.1. The van der Waals surface area contributed by atoms with E-state index in [1.54, 1.807) is 11.3 Å². The Bertz CT molecular complexity index is 1130. The molecule has 0 radical (unpaired) electrons. The Hall–Kier alpha value is -3.15. The standard InChI is InChI=1S/C27H27N3OS/c1-3-10-22(11-4-1)27-28-23(21-32-27)20-29-16-9-17-30(19-18-29)25-14-7-8-15-26(25)31-24-12-5-2-6-13-24/h1-8,10-15,21H,9,16-20H2. The van der Waals surface area contributed by atoms with E-state index in [0.29, 0.717) is 0 Å². The molecule has 0 amide bonds. The fraction of sp³-hybridized carbons (Fsp3) is 0.222. The van der Waals surface area contributed by atoms with Crippen molar-refractivity contribution in [3.05, 3.63) is 96.0 Å². The van der Waals surface area contributed by atoms with Crippen molar-refractivity contribution in [1.29, 1.82) is 0 Å². The van der Waals surface area contributed by atoms with Crippen LogP contribution in [-0.2, 0) is 6.54 Å². The van der Waals surface area contributed by atoms with Crippen LogP contribution >= 0.6 is 11.3 Å². The molecule has 1 aromatic heterocycles. The molecule has 32 heavy (non-hydrogen) atoms. The largest absolute Gasteiger partial charge is 0.455 e. The fourth-order valence-electron chi connectivity index (χ4n) is 4.11. The first-order valence-corrected chi connectivity index (χ1v) is 12.0. The summed E-state index contributed by atoms with van der Waals surface area (Å²) in [4.78, 5) is 9.86. The second kappa shape index (κ2) is 9.98. The van der Waals surface area contributed by atoms with Gasteiger partial charge in [0, 0.05) is 43.7 Å². The minimum Gasteiger partial charge on any atom is -0.455 e. The van der Waals surface area contributed by atoms with Crippen molar-refractivity contribution in [3.63, 3.8) is 0 Å². The summed E-state index contributed by atoms with van der Waals surface area (Å²) < 4.78 is 6.21. The normalized spacial score (nSPS) is 14.8. The van der Waals surface area contributed by atoms with Crippen LogP contribution < -0.4 is 9.64 Å².